The predicted octanol–water partition coefficient (Wildman–Crippen LogP) is 3.37. The summed E-state index contributed by atoms with van der Waals surface area (Å²) in [6.45, 7) is 3.91. The summed E-state index contributed by atoms with van der Waals surface area (Å²) in [5.41, 5.74) is 1.01. The fraction of sp³-hybridized carbons (Fsp3) is 0.400. The Kier molecular flexibility index (Phi) is 3.94. The van der Waals surface area contributed by atoms with Crippen LogP contribution in [-0.2, 0) is 0 Å². The molecule has 1 saturated heterocycles. The third-order valence-corrected chi connectivity index (χ3v) is 3.85. The quantitative estimate of drug-likeness (QED) is 0.938. The second-order valence-electron chi connectivity index (χ2n) is 5.07. The Morgan fingerprint density at radius 1 is 1.50 bits per heavy atom. The van der Waals surface area contributed by atoms with Crippen molar-refractivity contribution >= 4 is 11.6 Å². The maximum atomic E-state index is 6.17. The molecule has 1 aromatic carbocycles. The van der Waals surface area contributed by atoms with Gasteiger partial charge in [0.2, 0.25) is 5.89 Å². The molecule has 2 atom stereocenters. The fourth-order valence-corrected chi connectivity index (χ4v) is 2.77. The summed E-state index contributed by atoms with van der Waals surface area (Å²) in [6.07, 6.45) is 4.13. The highest BCUT2D eigenvalue weighted by Crippen LogP contribution is 2.33. The van der Waals surface area contributed by atoms with E-state index < -0.39 is 0 Å². The Morgan fingerprint density at radius 2 is 2.40 bits per heavy atom. The van der Waals surface area contributed by atoms with E-state index in [2.05, 4.69) is 10.3 Å². The summed E-state index contributed by atoms with van der Waals surface area (Å²) in [6, 6.07) is 5.63. The normalized spacial score (nSPS) is 20.0. The van der Waals surface area contributed by atoms with Gasteiger partial charge in [0.15, 0.2) is 6.10 Å². The van der Waals surface area contributed by atoms with Crippen LogP contribution in [-0.4, -0.2) is 18.1 Å². The lowest BCUT2D eigenvalue weighted by atomic mass is 10.0. The zero-order valence-corrected chi connectivity index (χ0v) is 12.1. The molecule has 1 aromatic heterocycles. The lowest BCUT2D eigenvalue weighted by molar-refractivity contribution is 0.113. The molecule has 2 heterocycles. The number of nitrogens with one attached hydrogen (secondary N) is 1. The lowest BCUT2D eigenvalue weighted by Crippen LogP contribution is -2.22. The van der Waals surface area contributed by atoms with E-state index in [1.54, 1.807) is 12.5 Å². The summed E-state index contributed by atoms with van der Waals surface area (Å²) in [5.74, 6) is 1.82. The largest absolute Gasteiger partial charge is 0.480 e. The summed E-state index contributed by atoms with van der Waals surface area (Å²) >= 11 is 5.98. The van der Waals surface area contributed by atoms with Crippen LogP contribution in [0.2, 0.25) is 5.02 Å². The number of hydrogen-bond donors (Lipinski definition) is 1. The van der Waals surface area contributed by atoms with Crippen LogP contribution in [0.4, 0.5) is 0 Å². The first kappa shape index (κ1) is 13.5. The molecule has 4 nitrogen and oxygen atoms in total. The standard InChI is InChI=1S/C15H17ClN2O2/c1-10-8-12(16)2-3-13(10)20-14(11-4-5-17-9-11)15-18-6-7-19-15/h2-3,6-8,11,14,17H,4-5,9H2,1H3/t11-,14?/m0/s1. The van der Waals surface area contributed by atoms with Crippen molar-refractivity contribution in [2.24, 2.45) is 5.92 Å². The molecule has 5 heteroatoms. The molecule has 0 saturated carbocycles. The molecule has 0 aliphatic carbocycles. The zero-order chi connectivity index (χ0) is 13.9. The third-order valence-electron chi connectivity index (χ3n) is 3.61. The average Bonchev–Trinajstić information content (AvgIpc) is 3.11. The summed E-state index contributed by atoms with van der Waals surface area (Å²) < 4.78 is 11.6. The van der Waals surface area contributed by atoms with Crippen LogP contribution >= 0.6 is 11.6 Å². The predicted molar refractivity (Wildman–Crippen MR) is 77.0 cm³/mol. The number of oxazole rings is 1. The molecule has 2 aromatic rings. The molecule has 1 aliphatic rings. The summed E-state index contributed by atoms with van der Waals surface area (Å²) in [4.78, 5) is 4.26. The minimum atomic E-state index is -0.167. The molecule has 0 amide bonds. The highest BCUT2D eigenvalue weighted by molar-refractivity contribution is 6.30. The van der Waals surface area contributed by atoms with Crippen LogP contribution < -0.4 is 10.1 Å². The van der Waals surface area contributed by atoms with Crippen molar-refractivity contribution in [2.75, 3.05) is 13.1 Å². The van der Waals surface area contributed by atoms with Gasteiger partial charge in [-0.15, -0.1) is 0 Å². The van der Waals surface area contributed by atoms with E-state index >= 15 is 0 Å². The number of aryl methyl sites for hydroxylation is 1. The summed E-state index contributed by atoms with van der Waals surface area (Å²) in [7, 11) is 0. The fourth-order valence-electron chi connectivity index (χ4n) is 2.54. The second kappa shape index (κ2) is 5.85. The maximum absolute atomic E-state index is 6.17. The van der Waals surface area contributed by atoms with E-state index in [9.17, 15) is 0 Å². The van der Waals surface area contributed by atoms with Gasteiger partial charge in [-0.3, -0.25) is 0 Å². The molecule has 1 unspecified atom stereocenters. The van der Waals surface area contributed by atoms with Crippen molar-refractivity contribution in [2.45, 2.75) is 19.4 Å². The van der Waals surface area contributed by atoms with Crippen LogP contribution in [0.25, 0.3) is 0 Å². The molecular formula is C15H17ClN2O2. The zero-order valence-electron chi connectivity index (χ0n) is 11.3. The number of hydrogen-bond acceptors (Lipinski definition) is 4. The minimum Gasteiger partial charge on any atom is -0.480 e. The number of ether oxygens (including phenoxy) is 1. The maximum Gasteiger partial charge on any atom is 0.235 e. The molecular weight excluding hydrogens is 276 g/mol. The van der Waals surface area contributed by atoms with E-state index in [0.717, 1.165) is 30.8 Å². The number of aromatic nitrogens is 1. The Hall–Kier alpha value is -1.52. The highest BCUT2D eigenvalue weighted by atomic mass is 35.5. The molecule has 0 bridgehead atoms. The van der Waals surface area contributed by atoms with Gasteiger partial charge in [-0.25, -0.2) is 4.98 Å². The van der Waals surface area contributed by atoms with Crippen molar-refractivity contribution < 1.29 is 9.15 Å². The second-order valence-corrected chi connectivity index (χ2v) is 5.51. The van der Waals surface area contributed by atoms with Gasteiger partial charge in [-0.1, -0.05) is 11.6 Å². The molecule has 20 heavy (non-hydrogen) atoms. The van der Waals surface area contributed by atoms with Gasteiger partial charge in [0.25, 0.3) is 0 Å². The van der Waals surface area contributed by atoms with Crippen LogP contribution in [0.5, 0.6) is 5.75 Å². The van der Waals surface area contributed by atoms with Crippen molar-refractivity contribution in [1.82, 2.24) is 10.3 Å². The van der Waals surface area contributed by atoms with Gasteiger partial charge in [-0.05, 0) is 43.7 Å². The smallest absolute Gasteiger partial charge is 0.235 e. The third kappa shape index (κ3) is 2.81. The number of halogens is 1. The van der Waals surface area contributed by atoms with Crippen LogP contribution in [0.1, 0.15) is 24.0 Å². The van der Waals surface area contributed by atoms with Crippen LogP contribution in [0.15, 0.2) is 35.1 Å². The van der Waals surface area contributed by atoms with Crippen LogP contribution in [0, 0.1) is 12.8 Å². The van der Waals surface area contributed by atoms with Crippen molar-refractivity contribution in [1.29, 1.82) is 0 Å². The van der Waals surface area contributed by atoms with E-state index in [0.29, 0.717) is 16.8 Å². The van der Waals surface area contributed by atoms with E-state index in [1.165, 1.54) is 0 Å². The van der Waals surface area contributed by atoms with Gasteiger partial charge in [-0.2, -0.15) is 0 Å². The lowest BCUT2D eigenvalue weighted by Gasteiger charge is -2.22. The topological polar surface area (TPSA) is 47.3 Å². The summed E-state index contributed by atoms with van der Waals surface area (Å²) in [5, 5.41) is 4.07. The molecule has 1 aliphatic heterocycles. The van der Waals surface area contributed by atoms with Gasteiger partial charge < -0.3 is 14.5 Å². The molecule has 0 radical (unpaired) electrons. The first-order chi connectivity index (χ1) is 9.74. The van der Waals surface area contributed by atoms with E-state index in [-0.39, 0.29) is 6.10 Å². The Morgan fingerprint density at radius 3 is 3.05 bits per heavy atom. The average molecular weight is 293 g/mol. The van der Waals surface area contributed by atoms with E-state index in [1.807, 2.05) is 25.1 Å². The molecule has 3 rings (SSSR count). The molecule has 1 N–H and O–H groups in total. The van der Waals surface area contributed by atoms with Gasteiger partial charge >= 0.3 is 0 Å². The number of rotatable bonds is 4. The molecule has 106 valence electrons. The van der Waals surface area contributed by atoms with Gasteiger partial charge in [0.05, 0.1) is 6.20 Å². The monoisotopic (exact) mass is 292 g/mol. The van der Waals surface area contributed by atoms with Gasteiger partial charge in [0.1, 0.15) is 12.0 Å². The molecule has 1 fully saturated rings. The van der Waals surface area contributed by atoms with Gasteiger partial charge in [0, 0.05) is 17.5 Å². The first-order valence-corrected chi connectivity index (χ1v) is 7.15. The minimum absolute atomic E-state index is 0.167. The van der Waals surface area contributed by atoms with Crippen LogP contribution in [0.3, 0.4) is 0 Å². The highest BCUT2D eigenvalue weighted by Gasteiger charge is 2.31. The van der Waals surface area contributed by atoms with E-state index in [4.69, 9.17) is 20.8 Å². The van der Waals surface area contributed by atoms with Crippen molar-refractivity contribution in [3.05, 3.63) is 47.1 Å². The number of benzene rings is 1. The molecule has 0 spiro atoms. The first-order valence-electron chi connectivity index (χ1n) is 6.77. The van der Waals surface area contributed by atoms with Crippen molar-refractivity contribution in [3.63, 3.8) is 0 Å². The Balaban J connectivity index is 1.86. The SMILES string of the molecule is Cc1cc(Cl)ccc1OC(c1ncco1)[C@H]1CCNC1. The van der Waals surface area contributed by atoms with Crippen molar-refractivity contribution in [3.8, 4) is 5.75 Å². The number of nitrogens with zero attached hydrogens (tertiary/aromatic N) is 1. The Labute approximate surface area is 123 Å². The Bertz CT molecular complexity index is 565.